The van der Waals surface area contributed by atoms with E-state index in [-0.39, 0.29) is 0 Å². The average molecular weight is 144 g/mol. The molecule has 1 aromatic carbocycles. The Morgan fingerprint density at radius 2 is 2.00 bits per heavy atom. The minimum absolute atomic E-state index is 0.606. The number of nitrogens with zero attached hydrogens (tertiary/aromatic N) is 1. The molecule has 0 aromatic heterocycles. The smallest absolute Gasteiger partial charge is 0.0621 e. The summed E-state index contributed by atoms with van der Waals surface area (Å²) in [4.78, 5) is 0. The number of hydrogen-bond donors (Lipinski definition) is 0. The zero-order valence-electron chi connectivity index (χ0n) is 6.33. The van der Waals surface area contributed by atoms with E-state index < -0.39 is 0 Å². The van der Waals surface area contributed by atoms with Crippen molar-refractivity contribution in [2.75, 3.05) is 0 Å². The molecule has 0 atom stereocenters. The molecule has 0 spiro atoms. The molecular formula is C10H10N. The summed E-state index contributed by atoms with van der Waals surface area (Å²) in [5, 5.41) is 8.27. The van der Waals surface area contributed by atoms with Gasteiger partial charge in [0.05, 0.1) is 6.07 Å². The summed E-state index contributed by atoms with van der Waals surface area (Å²) in [5.74, 6) is 0. The normalized spacial score (nSPS) is 9.00. The number of hydrogen-bond acceptors (Lipinski definition) is 1. The van der Waals surface area contributed by atoms with Gasteiger partial charge < -0.3 is 0 Å². The van der Waals surface area contributed by atoms with Crippen molar-refractivity contribution in [2.45, 2.75) is 12.8 Å². The molecule has 0 saturated heterocycles. The number of unbranched alkanes of at least 4 members (excludes halogenated alkanes) is 1. The van der Waals surface area contributed by atoms with Crippen LogP contribution >= 0.6 is 0 Å². The van der Waals surface area contributed by atoms with Gasteiger partial charge in [-0.05, 0) is 18.4 Å². The Morgan fingerprint density at radius 1 is 1.27 bits per heavy atom. The summed E-state index contributed by atoms with van der Waals surface area (Å²) in [5.41, 5.74) is 1.20. The third-order valence-corrected chi connectivity index (χ3v) is 1.44. The highest BCUT2D eigenvalue weighted by atomic mass is 14.2. The van der Waals surface area contributed by atoms with Crippen LogP contribution in [0.25, 0.3) is 0 Å². The number of benzene rings is 1. The van der Waals surface area contributed by atoms with E-state index in [0.29, 0.717) is 6.42 Å². The first-order valence-electron chi connectivity index (χ1n) is 3.68. The van der Waals surface area contributed by atoms with Crippen molar-refractivity contribution >= 4 is 0 Å². The predicted octanol–water partition coefficient (Wildman–Crippen LogP) is 2.54. The van der Waals surface area contributed by atoms with Gasteiger partial charge in [0.25, 0.3) is 0 Å². The van der Waals surface area contributed by atoms with Gasteiger partial charge >= 0.3 is 0 Å². The maximum atomic E-state index is 8.27. The molecule has 1 radical (unpaired) electrons. The van der Waals surface area contributed by atoms with Gasteiger partial charge in [0, 0.05) is 6.42 Å². The minimum Gasteiger partial charge on any atom is -0.198 e. The Bertz CT molecular complexity index is 233. The van der Waals surface area contributed by atoms with Crippen LogP contribution in [0.4, 0.5) is 0 Å². The Morgan fingerprint density at radius 3 is 2.64 bits per heavy atom. The molecular weight excluding hydrogens is 134 g/mol. The summed E-state index contributed by atoms with van der Waals surface area (Å²) in [7, 11) is 0. The van der Waals surface area contributed by atoms with Crippen LogP contribution in [-0.2, 0) is 0 Å². The molecule has 0 saturated carbocycles. The van der Waals surface area contributed by atoms with Crippen molar-refractivity contribution in [1.82, 2.24) is 0 Å². The lowest BCUT2D eigenvalue weighted by atomic mass is 10.1. The molecule has 0 amide bonds. The summed E-state index contributed by atoms with van der Waals surface area (Å²) in [6.45, 7) is 0. The Balaban J connectivity index is 2.35. The summed E-state index contributed by atoms with van der Waals surface area (Å²) in [6.07, 6.45) is 3.53. The van der Waals surface area contributed by atoms with Crippen molar-refractivity contribution in [3.05, 3.63) is 42.3 Å². The van der Waals surface area contributed by atoms with Crippen LogP contribution in [-0.4, -0.2) is 0 Å². The van der Waals surface area contributed by atoms with Gasteiger partial charge in [-0.2, -0.15) is 5.26 Å². The Kier molecular flexibility index (Phi) is 3.21. The van der Waals surface area contributed by atoms with Gasteiger partial charge in [0.1, 0.15) is 0 Å². The van der Waals surface area contributed by atoms with Crippen molar-refractivity contribution < 1.29 is 0 Å². The van der Waals surface area contributed by atoms with Crippen molar-refractivity contribution in [1.29, 1.82) is 5.26 Å². The van der Waals surface area contributed by atoms with E-state index in [1.165, 1.54) is 5.56 Å². The van der Waals surface area contributed by atoms with E-state index in [4.69, 9.17) is 5.26 Å². The molecule has 1 nitrogen and oxygen atoms in total. The van der Waals surface area contributed by atoms with Crippen molar-refractivity contribution in [3.63, 3.8) is 0 Å². The first kappa shape index (κ1) is 7.81. The van der Waals surface area contributed by atoms with Crippen molar-refractivity contribution in [3.8, 4) is 6.07 Å². The van der Waals surface area contributed by atoms with Gasteiger partial charge in [0.2, 0.25) is 0 Å². The first-order valence-corrected chi connectivity index (χ1v) is 3.68. The highest BCUT2D eigenvalue weighted by Crippen LogP contribution is 2.05. The van der Waals surface area contributed by atoms with E-state index >= 15 is 0 Å². The third kappa shape index (κ3) is 2.86. The van der Waals surface area contributed by atoms with E-state index in [1.54, 1.807) is 0 Å². The molecule has 0 N–H and O–H groups in total. The summed E-state index contributed by atoms with van der Waals surface area (Å²) < 4.78 is 0. The second-order valence-electron chi connectivity index (χ2n) is 2.31. The molecule has 0 heterocycles. The van der Waals surface area contributed by atoms with Crippen LogP contribution in [0.3, 0.4) is 0 Å². The fraction of sp³-hybridized carbons (Fsp3) is 0.200. The average Bonchev–Trinajstić information content (AvgIpc) is 2.07. The van der Waals surface area contributed by atoms with Crippen LogP contribution in [0.1, 0.15) is 18.4 Å². The zero-order valence-corrected chi connectivity index (χ0v) is 6.33. The van der Waals surface area contributed by atoms with Crippen LogP contribution in [0, 0.1) is 17.8 Å². The SMILES string of the molecule is N#CCC[CH]c1ccccc1. The third-order valence-electron chi connectivity index (χ3n) is 1.44. The second-order valence-corrected chi connectivity index (χ2v) is 2.31. The fourth-order valence-corrected chi connectivity index (χ4v) is 0.893. The standard InChI is InChI=1S/C10H10N/c11-9-5-4-8-10-6-2-1-3-7-10/h1-3,6-8H,4-5H2. The molecule has 11 heavy (non-hydrogen) atoms. The maximum absolute atomic E-state index is 8.27. The monoisotopic (exact) mass is 144 g/mol. The van der Waals surface area contributed by atoms with E-state index in [0.717, 1.165) is 6.42 Å². The molecule has 0 unspecified atom stereocenters. The van der Waals surface area contributed by atoms with Crippen molar-refractivity contribution in [2.24, 2.45) is 0 Å². The summed E-state index contributed by atoms with van der Waals surface area (Å²) in [6, 6.07) is 12.2. The maximum Gasteiger partial charge on any atom is 0.0621 e. The predicted molar refractivity (Wildman–Crippen MR) is 44.7 cm³/mol. The molecule has 55 valence electrons. The van der Waals surface area contributed by atoms with E-state index in [9.17, 15) is 0 Å². The topological polar surface area (TPSA) is 23.8 Å². The van der Waals surface area contributed by atoms with Crippen LogP contribution in [0.15, 0.2) is 30.3 Å². The summed E-state index contributed by atoms with van der Waals surface area (Å²) >= 11 is 0. The molecule has 1 aromatic rings. The van der Waals surface area contributed by atoms with E-state index in [2.05, 4.69) is 12.5 Å². The number of nitriles is 1. The lowest BCUT2D eigenvalue weighted by Gasteiger charge is -1.95. The van der Waals surface area contributed by atoms with Crippen LogP contribution < -0.4 is 0 Å². The first-order chi connectivity index (χ1) is 5.43. The molecule has 0 bridgehead atoms. The fourth-order valence-electron chi connectivity index (χ4n) is 0.893. The molecule has 0 fully saturated rings. The van der Waals surface area contributed by atoms with Crippen LogP contribution in [0.5, 0.6) is 0 Å². The minimum atomic E-state index is 0.606. The lowest BCUT2D eigenvalue weighted by molar-refractivity contribution is 1.000. The second kappa shape index (κ2) is 4.51. The molecule has 0 aliphatic rings. The Labute approximate surface area is 67.3 Å². The molecule has 1 heteroatoms. The highest BCUT2D eigenvalue weighted by molar-refractivity contribution is 5.22. The molecule has 1 rings (SSSR count). The molecule has 0 aliphatic carbocycles. The lowest BCUT2D eigenvalue weighted by Crippen LogP contribution is -1.79. The largest absolute Gasteiger partial charge is 0.198 e. The van der Waals surface area contributed by atoms with Gasteiger partial charge in [-0.15, -0.1) is 0 Å². The van der Waals surface area contributed by atoms with Gasteiger partial charge in [-0.1, -0.05) is 30.3 Å². The zero-order chi connectivity index (χ0) is 7.94. The molecule has 0 aliphatic heterocycles. The number of rotatable bonds is 3. The van der Waals surface area contributed by atoms with Gasteiger partial charge in [-0.25, -0.2) is 0 Å². The quantitative estimate of drug-likeness (QED) is 0.598. The Hall–Kier alpha value is -1.29. The van der Waals surface area contributed by atoms with Crippen LogP contribution in [0.2, 0.25) is 0 Å². The van der Waals surface area contributed by atoms with Gasteiger partial charge in [-0.3, -0.25) is 0 Å². The van der Waals surface area contributed by atoms with Gasteiger partial charge in [0.15, 0.2) is 0 Å². The highest BCUT2D eigenvalue weighted by Gasteiger charge is 1.89. The van der Waals surface area contributed by atoms with E-state index in [1.807, 2.05) is 30.3 Å².